The zero-order chi connectivity index (χ0) is 24.2. The van der Waals surface area contributed by atoms with Crippen molar-refractivity contribution in [2.24, 2.45) is 5.92 Å². The molecule has 4 rings (SSSR count). The molecule has 1 spiro atoms. The fourth-order valence-corrected chi connectivity index (χ4v) is 5.19. The maximum absolute atomic E-state index is 12.9. The first kappa shape index (κ1) is 25.5. The van der Waals surface area contributed by atoms with Gasteiger partial charge in [0.25, 0.3) is 0 Å². The van der Waals surface area contributed by atoms with Crippen LogP contribution in [-0.2, 0) is 27.2 Å². The van der Waals surface area contributed by atoms with Gasteiger partial charge in [0, 0.05) is 26.1 Å². The van der Waals surface area contributed by atoms with E-state index in [1.807, 2.05) is 0 Å². The van der Waals surface area contributed by atoms with Crippen LogP contribution >= 0.6 is 0 Å². The number of nitrogens with zero attached hydrogens (tertiary/aromatic N) is 2. The minimum Gasteiger partial charge on any atom is -0.475 e. The topological polar surface area (TPSA) is 70.1 Å². The molecular weight excluding hydrogens is 437 g/mol. The summed E-state index contributed by atoms with van der Waals surface area (Å²) in [7, 11) is 4.21. The fourth-order valence-electron chi connectivity index (χ4n) is 5.19. The van der Waals surface area contributed by atoms with Crippen LogP contribution in [-0.4, -0.2) is 78.4 Å². The number of carboxylic acids is 1. The highest BCUT2D eigenvalue weighted by Crippen LogP contribution is 2.37. The summed E-state index contributed by atoms with van der Waals surface area (Å²) in [5, 5.41) is 7.12. The summed E-state index contributed by atoms with van der Waals surface area (Å²) >= 11 is 0. The Balaban J connectivity index is 0.000000383. The van der Waals surface area contributed by atoms with Crippen molar-refractivity contribution in [3.8, 4) is 0 Å². The zero-order valence-corrected chi connectivity index (χ0v) is 19.2. The van der Waals surface area contributed by atoms with E-state index in [1.54, 1.807) is 0 Å². The van der Waals surface area contributed by atoms with Gasteiger partial charge in [-0.2, -0.15) is 13.2 Å². The Morgan fingerprint density at radius 2 is 1.79 bits per heavy atom. The molecule has 2 fully saturated rings. The molecule has 0 aromatic heterocycles. The third kappa shape index (κ3) is 6.93. The minimum absolute atomic E-state index is 0.0762. The van der Waals surface area contributed by atoms with Gasteiger partial charge in [-0.1, -0.05) is 24.3 Å². The maximum Gasteiger partial charge on any atom is 0.490 e. The monoisotopic (exact) mass is 470 g/mol. The molecule has 9 heteroatoms. The summed E-state index contributed by atoms with van der Waals surface area (Å²) in [5.41, 5.74) is 2.79. The third-order valence-electron chi connectivity index (χ3n) is 6.65. The predicted molar refractivity (Wildman–Crippen MR) is 117 cm³/mol. The van der Waals surface area contributed by atoms with E-state index in [9.17, 15) is 18.0 Å². The van der Waals surface area contributed by atoms with E-state index in [4.69, 9.17) is 14.6 Å². The lowest BCUT2D eigenvalue weighted by atomic mass is 9.90. The molecule has 0 unspecified atom stereocenters. The number of likely N-dealkylation sites (N-methyl/N-ethyl adjacent to an activating group) is 1. The number of hydrogen-bond donors (Lipinski definition) is 1. The maximum atomic E-state index is 12.9. The van der Waals surface area contributed by atoms with Crippen molar-refractivity contribution in [1.82, 2.24) is 9.80 Å². The number of likely N-dealkylation sites (tertiary alicyclic amines) is 1. The number of hydrogen-bond acceptors (Lipinski definition) is 4. The molecule has 33 heavy (non-hydrogen) atoms. The zero-order valence-electron chi connectivity index (χ0n) is 19.2. The number of benzene rings is 1. The molecule has 1 aromatic rings. The van der Waals surface area contributed by atoms with Gasteiger partial charge < -0.3 is 19.6 Å². The van der Waals surface area contributed by atoms with E-state index in [1.165, 1.54) is 17.5 Å². The molecule has 184 valence electrons. The average Bonchev–Trinajstić information content (AvgIpc) is 3.31. The first-order valence-electron chi connectivity index (χ1n) is 11.4. The van der Waals surface area contributed by atoms with Gasteiger partial charge in [0.15, 0.2) is 0 Å². The number of alkyl halides is 3. The summed E-state index contributed by atoms with van der Waals surface area (Å²) in [6.07, 6.45) is 2.52. The normalized spacial score (nSPS) is 25.2. The number of carboxylic acid groups (broad SMARTS) is 1. The number of aliphatic carboxylic acids is 1. The second-order valence-electron chi connectivity index (χ2n) is 9.69. The second kappa shape index (κ2) is 10.4. The summed E-state index contributed by atoms with van der Waals surface area (Å²) in [6, 6.07) is 8.65. The van der Waals surface area contributed by atoms with Crippen molar-refractivity contribution in [1.29, 1.82) is 0 Å². The quantitative estimate of drug-likeness (QED) is 0.729. The SMILES string of the molecule is CN(C)C[C@@H]1CCC[C@]2(CCN(C(=O)CC3Cc4ccccc4C3)C2)O1.O=C(O)C(F)(F)F. The molecule has 1 amide bonds. The highest BCUT2D eigenvalue weighted by Gasteiger charge is 2.44. The molecule has 2 saturated heterocycles. The number of rotatable bonds is 4. The van der Waals surface area contributed by atoms with Crippen LogP contribution in [0.5, 0.6) is 0 Å². The molecule has 0 radical (unpaired) electrons. The van der Waals surface area contributed by atoms with Gasteiger partial charge in [-0.25, -0.2) is 4.79 Å². The Kier molecular flexibility index (Phi) is 8.05. The number of carbonyl (C=O) groups is 2. The van der Waals surface area contributed by atoms with Crippen LogP contribution in [0, 0.1) is 5.92 Å². The van der Waals surface area contributed by atoms with Crippen molar-refractivity contribution < 1.29 is 32.6 Å². The number of amides is 1. The number of carbonyl (C=O) groups excluding carboxylic acids is 1. The Morgan fingerprint density at radius 3 is 2.33 bits per heavy atom. The van der Waals surface area contributed by atoms with Crippen LogP contribution in [0.1, 0.15) is 43.2 Å². The van der Waals surface area contributed by atoms with Gasteiger partial charge in [0.05, 0.1) is 11.7 Å². The first-order chi connectivity index (χ1) is 15.5. The van der Waals surface area contributed by atoms with Crippen molar-refractivity contribution in [2.45, 2.75) is 62.8 Å². The molecule has 2 aliphatic heterocycles. The molecule has 3 aliphatic rings. The van der Waals surface area contributed by atoms with Gasteiger partial charge in [-0.3, -0.25) is 4.79 Å². The van der Waals surface area contributed by atoms with E-state index in [0.29, 0.717) is 24.3 Å². The molecule has 0 saturated carbocycles. The Bertz CT molecular complexity index is 820. The highest BCUT2D eigenvalue weighted by molar-refractivity contribution is 5.77. The van der Waals surface area contributed by atoms with Crippen molar-refractivity contribution in [3.05, 3.63) is 35.4 Å². The third-order valence-corrected chi connectivity index (χ3v) is 6.65. The smallest absolute Gasteiger partial charge is 0.475 e. The molecule has 1 aliphatic carbocycles. The Hall–Kier alpha value is -2.13. The van der Waals surface area contributed by atoms with Gasteiger partial charge >= 0.3 is 12.1 Å². The first-order valence-corrected chi connectivity index (χ1v) is 11.4. The predicted octanol–water partition coefficient (Wildman–Crippen LogP) is 3.53. The Labute approximate surface area is 192 Å². The summed E-state index contributed by atoms with van der Waals surface area (Å²) in [4.78, 5) is 26.1. The van der Waals surface area contributed by atoms with Crippen molar-refractivity contribution >= 4 is 11.9 Å². The van der Waals surface area contributed by atoms with E-state index in [-0.39, 0.29) is 5.60 Å². The van der Waals surface area contributed by atoms with E-state index < -0.39 is 12.1 Å². The van der Waals surface area contributed by atoms with Gasteiger partial charge in [-0.15, -0.1) is 0 Å². The van der Waals surface area contributed by atoms with Crippen LogP contribution in [0.15, 0.2) is 24.3 Å². The van der Waals surface area contributed by atoms with Crippen molar-refractivity contribution in [2.75, 3.05) is 33.7 Å². The number of ether oxygens (including phenoxy) is 1. The summed E-state index contributed by atoms with van der Waals surface area (Å²) < 4.78 is 38.2. The molecule has 0 bridgehead atoms. The van der Waals surface area contributed by atoms with Crippen LogP contribution < -0.4 is 0 Å². The average molecular weight is 471 g/mol. The molecule has 2 atom stereocenters. The van der Waals surface area contributed by atoms with Crippen LogP contribution in [0.3, 0.4) is 0 Å². The second-order valence-corrected chi connectivity index (χ2v) is 9.69. The van der Waals surface area contributed by atoms with E-state index >= 15 is 0 Å². The number of fused-ring (bicyclic) bond motifs is 1. The van der Waals surface area contributed by atoms with Crippen molar-refractivity contribution in [3.63, 3.8) is 0 Å². The van der Waals surface area contributed by atoms with Crippen LogP contribution in [0.25, 0.3) is 0 Å². The summed E-state index contributed by atoms with van der Waals surface area (Å²) in [5.74, 6) is -1.95. The van der Waals surface area contributed by atoms with E-state index in [0.717, 1.165) is 51.7 Å². The van der Waals surface area contributed by atoms with Gasteiger partial charge in [0.2, 0.25) is 5.91 Å². The van der Waals surface area contributed by atoms with Crippen LogP contribution in [0.4, 0.5) is 13.2 Å². The molecule has 2 heterocycles. The minimum atomic E-state index is -5.08. The van der Waals surface area contributed by atoms with Crippen LogP contribution in [0.2, 0.25) is 0 Å². The van der Waals surface area contributed by atoms with Gasteiger partial charge in [0.1, 0.15) is 0 Å². The summed E-state index contributed by atoms with van der Waals surface area (Å²) in [6.45, 7) is 2.65. The van der Waals surface area contributed by atoms with E-state index in [2.05, 4.69) is 48.2 Å². The fraction of sp³-hybridized carbons (Fsp3) is 0.667. The lowest BCUT2D eigenvalue weighted by Crippen LogP contribution is -2.46. The lowest BCUT2D eigenvalue weighted by Gasteiger charge is -2.39. The molecule has 1 aromatic carbocycles. The highest BCUT2D eigenvalue weighted by atomic mass is 19.4. The molecule has 6 nitrogen and oxygen atoms in total. The largest absolute Gasteiger partial charge is 0.490 e. The standard InChI is InChI=1S/C22H32N2O2.C2HF3O2/c1-23(2)15-20-8-5-9-22(26-20)10-11-24(16-22)21(25)14-17-12-18-6-3-4-7-19(18)13-17;3-2(4,5)1(6)7/h3-4,6-7,17,20H,5,8-16H2,1-2H3;(H,6,7)/t20-,22+;/m0./s1. The lowest BCUT2D eigenvalue weighted by molar-refractivity contribution is -0.192. The number of halogens is 3. The molecular formula is C24H33F3N2O4. The van der Waals surface area contributed by atoms with Gasteiger partial charge in [-0.05, 0) is 69.7 Å². The molecule has 1 N–H and O–H groups in total. The Morgan fingerprint density at radius 1 is 1.18 bits per heavy atom.